The van der Waals surface area contributed by atoms with Crippen LogP contribution in [0.15, 0.2) is 24.3 Å². The predicted molar refractivity (Wildman–Crippen MR) is 71.6 cm³/mol. The van der Waals surface area contributed by atoms with Crippen LogP contribution in [-0.4, -0.2) is 35.1 Å². The molecule has 1 aromatic carbocycles. The van der Waals surface area contributed by atoms with E-state index < -0.39 is 5.97 Å². The van der Waals surface area contributed by atoms with Crippen LogP contribution in [0.25, 0.3) is 0 Å². The summed E-state index contributed by atoms with van der Waals surface area (Å²) in [7, 11) is 0. The SMILES string of the molecule is O=C(O)CCCN(CCc1cccc(F)c1)C1CC1. The molecule has 3 nitrogen and oxygen atoms in total. The number of carboxylic acids is 1. The van der Waals surface area contributed by atoms with Crippen molar-refractivity contribution in [3.8, 4) is 0 Å². The van der Waals surface area contributed by atoms with Gasteiger partial charge >= 0.3 is 5.97 Å². The largest absolute Gasteiger partial charge is 0.481 e. The van der Waals surface area contributed by atoms with Gasteiger partial charge in [-0.1, -0.05) is 12.1 Å². The molecular formula is C15H20FNO2. The van der Waals surface area contributed by atoms with Gasteiger partial charge in [0.2, 0.25) is 0 Å². The Hall–Kier alpha value is -1.42. The number of halogens is 1. The third kappa shape index (κ3) is 4.99. The van der Waals surface area contributed by atoms with Crippen LogP contribution < -0.4 is 0 Å². The molecule has 0 spiro atoms. The molecule has 0 heterocycles. The second-order valence-corrected chi connectivity index (χ2v) is 5.14. The first-order chi connectivity index (χ1) is 9.15. The van der Waals surface area contributed by atoms with Gasteiger partial charge in [0, 0.05) is 19.0 Å². The molecule has 1 saturated carbocycles. The van der Waals surface area contributed by atoms with E-state index in [-0.39, 0.29) is 12.2 Å². The zero-order valence-corrected chi connectivity index (χ0v) is 11.0. The van der Waals surface area contributed by atoms with E-state index >= 15 is 0 Å². The molecule has 0 unspecified atom stereocenters. The molecule has 1 fully saturated rings. The summed E-state index contributed by atoms with van der Waals surface area (Å²) in [4.78, 5) is 12.9. The van der Waals surface area contributed by atoms with E-state index in [1.165, 1.54) is 18.9 Å². The molecule has 1 N–H and O–H groups in total. The van der Waals surface area contributed by atoms with E-state index in [9.17, 15) is 9.18 Å². The summed E-state index contributed by atoms with van der Waals surface area (Å²) in [6.07, 6.45) is 4.14. The normalized spacial score (nSPS) is 14.8. The van der Waals surface area contributed by atoms with Crippen LogP contribution in [0, 0.1) is 5.82 Å². The predicted octanol–water partition coefficient (Wildman–Crippen LogP) is 2.70. The maximum atomic E-state index is 13.1. The number of benzene rings is 1. The second-order valence-electron chi connectivity index (χ2n) is 5.14. The molecule has 1 aromatic rings. The van der Waals surface area contributed by atoms with Crippen LogP contribution in [0.1, 0.15) is 31.2 Å². The Bertz CT molecular complexity index is 432. The highest BCUT2D eigenvalue weighted by molar-refractivity contribution is 5.66. The first-order valence-corrected chi connectivity index (χ1v) is 6.85. The molecule has 1 aliphatic rings. The Balaban J connectivity index is 1.78. The molecule has 104 valence electrons. The first kappa shape index (κ1) is 14.0. The molecule has 1 aliphatic carbocycles. The van der Waals surface area contributed by atoms with Crippen molar-refractivity contribution in [1.82, 2.24) is 4.90 Å². The number of carboxylic acid groups (broad SMARTS) is 1. The summed E-state index contributed by atoms with van der Waals surface area (Å²) in [6, 6.07) is 7.31. The van der Waals surface area contributed by atoms with Gasteiger partial charge in [-0.25, -0.2) is 4.39 Å². The van der Waals surface area contributed by atoms with Crippen LogP contribution in [0.4, 0.5) is 4.39 Å². The van der Waals surface area contributed by atoms with Crippen molar-refractivity contribution in [3.05, 3.63) is 35.6 Å². The van der Waals surface area contributed by atoms with Crippen molar-refractivity contribution >= 4 is 5.97 Å². The van der Waals surface area contributed by atoms with Crippen LogP contribution >= 0.6 is 0 Å². The minimum absolute atomic E-state index is 0.193. The van der Waals surface area contributed by atoms with Gasteiger partial charge in [-0.2, -0.15) is 0 Å². The van der Waals surface area contributed by atoms with Crippen LogP contribution in [0.2, 0.25) is 0 Å². The van der Waals surface area contributed by atoms with E-state index in [0.29, 0.717) is 12.5 Å². The van der Waals surface area contributed by atoms with Gasteiger partial charge in [-0.05, 0) is 49.9 Å². The van der Waals surface area contributed by atoms with Gasteiger partial charge in [0.15, 0.2) is 0 Å². The van der Waals surface area contributed by atoms with Crippen LogP contribution in [0.5, 0.6) is 0 Å². The average molecular weight is 265 g/mol. The minimum atomic E-state index is -0.735. The Morgan fingerprint density at radius 3 is 2.79 bits per heavy atom. The van der Waals surface area contributed by atoms with E-state index in [1.807, 2.05) is 6.07 Å². The molecule has 0 atom stereocenters. The highest BCUT2D eigenvalue weighted by Crippen LogP contribution is 2.27. The maximum Gasteiger partial charge on any atom is 0.303 e. The van der Waals surface area contributed by atoms with Gasteiger partial charge in [0.05, 0.1) is 0 Å². The number of aliphatic carboxylic acids is 1. The van der Waals surface area contributed by atoms with Crippen molar-refractivity contribution in [3.63, 3.8) is 0 Å². The zero-order chi connectivity index (χ0) is 13.7. The molecule has 2 rings (SSSR count). The molecule has 4 heteroatoms. The molecule has 0 bridgehead atoms. The summed E-state index contributed by atoms with van der Waals surface area (Å²) in [6.45, 7) is 1.71. The van der Waals surface area contributed by atoms with Crippen molar-refractivity contribution < 1.29 is 14.3 Å². The summed E-state index contributed by atoms with van der Waals surface area (Å²) < 4.78 is 13.1. The zero-order valence-electron chi connectivity index (χ0n) is 11.0. The topological polar surface area (TPSA) is 40.5 Å². The Morgan fingerprint density at radius 2 is 2.16 bits per heavy atom. The highest BCUT2D eigenvalue weighted by Gasteiger charge is 2.28. The van der Waals surface area contributed by atoms with E-state index in [0.717, 1.165) is 25.1 Å². The summed E-state index contributed by atoms with van der Waals surface area (Å²) in [5.41, 5.74) is 1.00. The molecule has 0 saturated heterocycles. The fraction of sp³-hybridized carbons (Fsp3) is 0.533. The lowest BCUT2D eigenvalue weighted by atomic mass is 10.1. The van der Waals surface area contributed by atoms with Gasteiger partial charge < -0.3 is 10.0 Å². The summed E-state index contributed by atoms with van der Waals surface area (Å²) in [5, 5.41) is 8.66. The fourth-order valence-corrected chi connectivity index (χ4v) is 2.32. The van der Waals surface area contributed by atoms with Crippen molar-refractivity contribution in [2.45, 2.75) is 38.1 Å². The average Bonchev–Trinajstić information content (AvgIpc) is 3.17. The number of hydrogen-bond acceptors (Lipinski definition) is 2. The van der Waals surface area contributed by atoms with Crippen molar-refractivity contribution in [2.75, 3.05) is 13.1 Å². The number of rotatable bonds is 8. The smallest absolute Gasteiger partial charge is 0.303 e. The maximum absolute atomic E-state index is 13.1. The molecule has 0 amide bonds. The molecule has 19 heavy (non-hydrogen) atoms. The van der Waals surface area contributed by atoms with Gasteiger partial charge in [-0.3, -0.25) is 4.79 Å². The summed E-state index contributed by atoms with van der Waals surface area (Å²) in [5.74, 6) is -0.928. The lowest BCUT2D eigenvalue weighted by Crippen LogP contribution is -2.29. The Morgan fingerprint density at radius 1 is 1.37 bits per heavy atom. The minimum Gasteiger partial charge on any atom is -0.481 e. The molecular weight excluding hydrogens is 245 g/mol. The fourth-order valence-electron chi connectivity index (χ4n) is 2.32. The third-order valence-electron chi connectivity index (χ3n) is 3.48. The van der Waals surface area contributed by atoms with E-state index in [1.54, 1.807) is 12.1 Å². The molecule has 0 aromatic heterocycles. The van der Waals surface area contributed by atoms with Gasteiger partial charge in [-0.15, -0.1) is 0 Å². The number of carbonyl (C=O) groups is 1. The second kappa shape index (κ2) is 6.66. The lowest BCUT2D eigenvalue weighted by molar-refractivity contribution is -0.137. The van der Waals surface area contributed by atoms with Crippen LogP contribution in [-0.2, 0) is 11.2 Å². The molecule has 0 radical (unpaired) electrons. The quantitative estimate of drug-likeness (QED) is 0.785. The summed E-state index contributed by atoms with van der Waals surface area (Å²) >= 11 is 0. The standard InChI is InChI=1S/C15H20FNO2/c16-13-4-1-3-12(11-13)8-10-17(14-6-7-14)9-2-5-15(18)19/h1,3-4,11,14H,2,5-10H2,(H,18,19). The van der Waals surface area contributed by atoms with Crippen molar-refractivity contribution in [1.29, 1.82) is 0 Å². The number of hydrogen-bond donors (Lipinski definition) is 1. The van der Waals surface area contributed by atoms with E-state index in [4.69, 9.17) is 5.11 Å². The van der Waals surface area contributed by atoms with Crippen LogP contribution in [0.3, 0.4) is 0 Å². The Labute approximate surface area is 113 Å². The molecule has 0 aliphatic heterocycles. The third-order valence-corrected chi connectivity index (χ3v) is 3.48. The highest BCUT2D eigenvalue weighted by atomic mass is 19.1. The van der Waals surface area contributed by atoms with Gasteiger partial charge in [0.25, 0.3) is 0 Å². The Kier molecular flexibility index (Phi) is 4.91. The number of nitrogens with zero attached hydrogens (tertiary/aromatic N) is 1. The van der Waals surface area contributed by atoms with Gasteiger partial charge in [0.1, 0.15) is 5.82 Å². The monoisotopic (exact) mass is 265 g/mol. The lowest BCUT2D eigenvalue weighted by Gasteiger charge is -2.21. The van der Waals surface area contributed by atoms with E-state index in [2.05, 4.69) is 4.90 Å². The van der Waals surface area contributed by atoms with Crippen molar-refractivity contribution in [2.24, 2.45) is 0 Å². The first-order valence-electron chi connectivity index (χ1n) is 6.85.